The predicted octanol–water partition coefficient (Wildman–Crippen LogP) is 5.04. The van der Waals surface area contributed by atoms with Crippen LogP contribution in [0.25, 0.3) is 0 Å². The number of amides is 6. The van der Waals surface area contributed by atoms with Crippen molar-refractivity contribution in [2.45, 2.75) is 104 Å². The maximum atomic E-state index is 14.0. The lowest BCUT2D eigenvalue weighted by Gasteiger charge is -2.43. The Morgan fingerprint density at radius 1 is 0.780 bits per heavy atom. The zero-order chi connectivity index (χ0) is 43.8. The average Bonchev–Trinajstić information content (AvgIpc) is 3.16. The summed E-state index contributed by atoms with van der Waals surface area (Å²) in [6, 6.07) is 22.7. The van der Waals surface area contributed by atoms with Crippen LogP contribution in [0.4, 0.5) is 20.1 Å². The Labute approximate surface area is 349 Å². The van der Waals surface area contributed by atoms with Crippen LogP contribution in [-0.4, -0.2) is 69.1 Å². The van der Waals surface area contributed by atoms with Gasteiger partial charge in [0, 0.05) is 12.2 Å². The predicted molar refractivity (Wildman–Crippen MR) is 231 cm³/mol. The van der Waals surface area contributed by atoms with E-state index in [-0.39, 0.29) is 50.1 Å². The standard InChI is InChI=1S/C44H60N6O8Si/c1-10-25-47-41(54)56-28-32-27-33(24-23-31(32)29-57-59(44(7,8)9,34-18-13-11-14-19-34)35-20-15-12-16-21-35)48-38(51)36(22-17-26-46-40(45)53)49-39(52)37(30(2)3)50-42(55)58-43(4,5)6/h1,11-16,18-21,23-24,27,30,36-37H,17,22,25-26,28-29H2,2-9H3,(H,47,54)(H,48,51)(H,49,52)(H,50,55)(H3,45,46,53). The summed E-state index contributed by atoms with van der Waals surface area (Å²) in [6.07, 6.45) is 4.23. The fraction of sp³-hybridized carbons (Fsp3) is 0.432. The zero-order valence-electron chi connectivity index (χ0n) is 35.4. The molecule has 59 heavy (non-hydrogen) atoms. The number of primary amides is 1. The molecular formula is C44H60N6O8Si. The first kappa shape index (κ1) is 47.5. The molecule has 2 unspecified atom stereocenters. The summed E-state index contributed by atoms with van der Waals surface area (Å²) in [5, 5.41) is 15.1. The van der Waals surface area contributed by atoms with Gasteiger partial charge in [0.25, 0.3) is 8.32 Å². The van der Waals surface area contributed by atoms with E-state index < -0.39 is 56.0 Å². The van der Waals surface area contributed by atoms with Gasteiger partial charge in [0.2, 0.25) is 11.8 Å². The molecule has 318 valence electrons. The summed E-state index contributed by atoms with van der Waals surface area (Å²) in [5.74, 6) is 0.819. The van der Waals surface area contributed by atoms with Gasteiger partial charge < -0.3 is 46.2 Å². The second kappa shape index (κ2) is 21.8. The first-order chi connectivity index (χ1) is 27.8. The van der Waals surface area contributed by atoms with E-state index in [1.165, 1.54) is 0 Å². The molecule has 0 aromatic heterocycles. The molecule has 0 saturated heterocycles. The van der Waals surface area contributed by atoms with E-state index in [0.29, 0.717) is 11.3 Å². The lowest BCUT2D eigenvalue weighted by Crippen LogP contribution is -2.66. The van der Waals surface area contributed by atoms with E-state index in [1.807, 2.05) is 36.4 Å². The number of benzene rings is 3. The molecule has 0 aliphatic heterocycles. The van der Waals surface area contributed by atoms with E-state index in [9.17, 15) is 24.0 Å². The third-order valence-electron chi connectivity index (χ3n) is 9.25. The van der Waals surface area contributed by atoms with Crippen LogP contribution in [0.3, 0.4) is 0 Å². The van der Waals surface area contributed by atoms with Crippen LogP contribution in [0.15, 0.2) is 78.9 Å². The lowest BCUT2D eigenvalue weighted by molar-refractivity contribution is -0.128. The van der Waals surface area contributed by atoms with Crippen LogP contribution in [0.2, 0.25) is 5.04 Å². The van der Waals surface area contributed by atoms with Crippen LogP contribution < -0.4 is 42.7 Å². The van der Waals surface area contributed by atoms with Crippen molar-refractivity contribution in [3.05, 3.63) is 90.0 Å². The Balaban J connectivity index is 1.98. The van der Waals surface area contributed by atoms with Crippen LogP contribution in [0, 0.1) is 18.3 Å². The highest BCUT2D eigenvalue weighted by molar-refractivity contribution is 6.99. The maximum absolute atomic E-state index is 14.0. The molecule has 0 radical (unpaired) electrons. The van der Waals surface area contributed by atoms with Gasteiger partial charge in [-0.1, -0.05) is 107 Å². The van der Waals surface area contributed by atoms with Crippen LogP contribution >= 0.6 is 0 Å². The van der Waals surface area contributed by atoms with Crippen molar-refractivity contribution in [3.8, 4) is 12.3 Å². The molecule has 0 heterocycles. The Hall–Kier alpha value is -5.85. The molecule has 3 rings (SSSR count). The quantitative estimate of drug-likeness (QED) is 0.0582. The molecule has 0 fully saturated rings. The molecule has 0 aliphatic rings. The van der Waals surface area contributed by atoms with Gasteiger partial charge in [-0.15, -0.1) is 6.42 Å². The number of carbonyl (C=O) groups is 5. The highest BCUT2D eigenvalue weighted by Gasteiger charge is 2.50. The van der Waals surface area contributed by atoms with Crippen LogP contribution in [0.5, 0.6) is 0 Å². The molecule has 15 heteroatoms. The second-order valence-electron chi connectivity index (χ2n) is 16.4. The summed E-state index contributed by atoms with van der Waals surface area (Å²) >= 11 is 0. The molecule has 2 atom stereocenters. The Morgan fingerprint density at radius 2 is 1.39 bits per heavy atom. The first-order valence-electron chi connectivity index (χ1n) is 19.6. The Bertz CT molecular complexity index is 1880. The summed E-state index contributed by atoms with van der Waals surface area (Å²) in [5.41, 5.74) is 6.07. The maximum Gasteiger partial charge on any atom is 0.408 e. The minimum atomic E-state index is -2.97. The molecule has 0 aliphatic carbocycles. The zero-order valence-corrected chi connectivity index (χ0v) is 36.4. The van der Waals surface area contributed by atoms with Crippen molar-refractivity contribution in [1.29, 1.82) is 0 Å². The number of hydrogen-bond donors (Lipinski definition) is 6. The lowest BCUT2D eigenvalue weighted by atomic mass is 10.0. The topological polar surface area (TPSA) is 199 Å². The molecule has 3 aromatic rings. The summed E-state index contributed by atoms with van der Waals surface area (Å²) in [6.45, 7) is 15.3. The molecular weight excluding hydrogens is 769 g/mol. The van der Waals surface area contributed by atoms with Crippen LogP contribution in [-0.2, 0) is 36.7 Å². The van der Waals surface area contributed by atoms with Crippen LogP contribution in [0.1, 0.15) is 79.4 Å². The minimum Gasteiger partial charge on any atom is -0.445 e. The fourth-order valence-electron chi connectivity index (χ4n) is 6.49. The number of nitrogens with one attached hydrogen (secondary N) is 5. The van der Waals surface area contributed by atoms with Gasteiger partial charge in [-0.05, 0) is 78.2 Å². The number of urea groups is 1. The number of terminal acetylenes is 1. The minimum absolute atomic E-state index is 0.0220. The highest BCUT2D eigenvalue weighted by atomic mass is 28.4. The van der Waals surface area contributed by atoms with Gasteiger partial charge in [0.1, 0.15) is 24.3 Å². The summed E-state index contributed by atoms with van der Waals surface area (Å²) in [4.78, 5) is 64.1. The third kappa shape index (κ3) is 14.5. The van der Waals surface area contributed by atoms with E-state index in [0.717, 1.165) is 15.9 Å². The normalized spacial score (nSPS) is 12.6. The largest absolute Gasteiger partial charge is 0.445 e. The highest BCUT2D eigenvalue weighted by Crippen LogP contribution is 2.37. The number of hydrogen-bond acceptors (Lipinski definition) is 8. The number of carbonyl (C=O) groups excluding carboxylic acids is 5. The van der Waals surface area contributed by atoms with E-state index in [2.05, 4.69) is 77.5 Å². The molecule has 0 bridgehead atoms. The SMILES string of the molecule is C#CCNC(=O)OCc1cc(NC(=O)C(CCCNC(N)=O)NC(=O)C(NC(=O)OC(C)(C)C)C(C)C)ccc1CO[Si](c1ccccc1)(c1ccccc1)C(C)(C)C. The first-order valence-corrected chi connectivity index (χ1v) is 21.5. The third-order valence-corrected chi connectivity index (χ3v) is 14.2. The Kier molecular flexibility index (Phi) is 17.5. The van der Waals surface area contributed by atoms with Crippen molar-refractivity contribution in [1.82, 2.24) is 21.3 Å². The summed E-state index contributed by atoms with van der Waals surface area (Å²) in [7, 11) is -2.97. The molecule has 7 N–H and O–H groups in total. The van der Waals surface area contributed by atoms with Crippen molar-refractivity contribution in [3.63, 3.8) is 0 Å². The van der Waals surface area contributed by atoms with Gasteiger partial charge in [-0.2, -0.15) is 0 Å². The monoisotopic (exact) mass is 828 g/mol. The number of alkyl carbamates (subject to hydrolysis) is 2. The number of nitrogens with two attached hydrogens (primary N) is 1. The fourth-order valence-corrected chi connectivity index (χ4v) is 11.0. The smallest absolute Gasteiger partial charge is 0.408 e. The molecule has 0 spiro atoms. The van der Waals surface area contributed by atoms with Crippen molar-refractivity contribution in [2.24, 2.45) is 11.7 Å². The molecule has 3 aromatic carbocycles. The van der Waals surface area contributed by atoms with Gasteiger partial charge in [0.05, 0.1) is 13.2 Å². The van der Waals surface area contributed by atoms with Crippen molar-refractivity contribution >= 4 is 54.4 Å². The van der Waals surface area contributed by atoms with E-state index in [1.54, 1.807) is 52.8 Å². The second-order valence-corrected chi connectivity index (χ2v) is 20.7. The molecule has 0 saturated carbocycles. The van der Waals surface area contributed by atoms with Crippen molar-refractivity contribution < 1.29 is 37.9 Å². The Morgan fingerprint density at radius 3 is 1.92 bits per heavy atom. The summed E-state index contributed by atoms with van der Waals surface area (Å²) < 4.78 is 18.1. The van der Waals surface area contributed by atoms with Gasteiger partial charge in [0.15, 0.2) is 0 Å². The van der Waals surface area contributed by atoms with Gasteiger partial charge in [-0.25, -0.2) is 14.4 Å². The van der Waals surface area contributed by atoms with Crippen molar-refractivity contribution in [2.75, 3.05) is 18.4 Å². The molecule has 6 amide bonds. The van der Waals surface area contributed by atoms with E-state index in [4.69, 9.17) is 26.1 Å². The number of anilines is 1. The van der Waals surface area contributed by atoms with Gasteiger partial charge >= 0.3 is 18.2 Å². The number of rotatable bonds is 18. The average molecular weight is 829 g/mol. The number of ether oxygens (including phenoxy) is 2. The molecule has 14 nitrogen and oxygen atoms in total. The van der Waals surface area contributed by atoms with Gasteiger partial charge in [-0.3, -0.25) is 9.59 Å². The van der Waals surface area contributed by atoms with E-state index >= 15 is 0 Å².